The third-order valence-electron chi connectivity index (χ3n) is 3.25. The third kappa shape index (κ3) is 2.18. The second-order valence-corrected chi connectivity index (χ2v) is 4.52. The maximum Gasteiger partial charge on any atom is 0.404 e. The second kappa shape index (κ2) is 4.85. The van der Waals surface area contributed by atoms with Crippen molar-refractivity contribution in [2.45, 2.75) is 6.10 Å². The molecule has 3 rings (SSSR count). The van der Waals surface area contributed by atoms with Crippen molar-refractivity contribution in [1.82, 2.24) is 5.32 Å². The molecule has 1 aliphatic rings. The normalized spacial score (nSPS) is 15.8. The summed E-state index contributed by atoms with van der Waals surface area (Å²) in [6.07, 6.45) is -1.67. The summed E-state index contributed by atoms with van der Waals surface area (Å²) in [6, 6.07) is 11.9. The van der Waals surface area contributed by atoms with E-state index in [0.29, 0.717) is 11.3 Å². The molecule has 0 saturated carbocycles. The van der Waals surface area contributed by atoms with Crippen LogP contribution in [-0.2, 0) is 0 Å². The molecule has 0 fully saturated rings. The summed E-state index contributed by atoms with van der Waals surface area (Å²) in [5, 5.41) is 11.0. The van der Waals surface area contributed by atoms with Gasteiger partial charge in [0.05, 0.1) is 6.54 Å². The number of carboxylic acid groups (broad SMARTS) is 1. The van der Waals surface area contributed by atoms with E-state index in [1.165, 1.54) is 12.1 Å². The molecule has 0 aromatic heterocycles. The molecular weight excluding hydrogens is 261 g/mol. The van der Waals surface area contributed by atoms with Crippen LogP contribution in [0.3, 0.4) is 0 Å². The molecule has 1 atom stereocenters. The highest BCUT2D eigenvalue weighted by atomic mass is 19.1. The number of ether oxygens (including phenoxy) is 1. The average Bonchev–Trinajstić information content (AvgIpc) is 2.44. The first kappa shape index (κ1) is 12.5. The van der Waals surface area contributed by atoms with Gasteiger partial charge in [0.1, 0.15) is 17.7 Å². The fraction of sp³-hybridized carbons (Fsp3) is 0.133. The van der Waals surface area contributed by atoms with Gasteiger partial charge in [-0.15, -0.1) is 0 Å². The Morgan fingerprint density at radius 2 is 2.05 bits per heavy atom. The highest BCUT2D eigenvalue weighted by Gasteiger charge is 2.26. The van der Waals surface area contributed by atoms with Gasteiger partial charge in [-0.1, -0.05) is 24.3 Å². The number of benzene rings is 2. The molecule has 5 heteroatoms. The van der Waals surface area contributed by atoms with Gasteiger partial charge in [-0.25, -0.2) is 9.18 Å². The highest BCUT2D eigenvalue weighted by Crippen LogP contribution is 2.42. The van der Waals surface area contributed by atoms with Crippen LogP contribution in [0.2, 0.25) is 0 Å². The van der Waals surface area contributed by atoms with Crippen LogP contribution in [0.25, 0.3) is 11.1 Å². The van der Waals surface area contributed by atoms with Crippen molar-refractivity contribution in [1.29, 1.82) is 0 Å². The number of hydrogen-bond acceptors (Lipinski definition) is 2. The van der Waals surface area contributed by atoms with Crippen LogP contribution in [0.15, 0.2) is 42.5 Å². The molecule has 102 valence electrons. The minimum Gasteiger partial charge on any atom is -0.483 e. The average molecular weight is 273 g/mol. The Bertz CT molecular complexity index is 672. The summed E-state index contributed by atoms with van der Waals surface area (Å²) in [5.41, 5.74) is 2.40. The van der Waals surface area contributed by atoms with E-state index in [4.69, 9.17) is 9.84 Å². The Labute approximate surface area is 114 Å². The maximum atomic E-state index is 13.5. The van der Waals surface area contributed by atoms with Crippen molar-refractivity contribution >= 4 is 6.09 Å². The highest BCUT2D eigenvalue weighted by molar-refractivity contribution is 5.76. The minimum atomic E-state index is -1.13. The fourth-order valence-electron chi connectivity index (χ4n) is 2.39. The number of rotatable bonds is 2. The number of para-hydroxylation sites is 1. The van der Waals surface area contributed by atoms with Gasteiger partial charge in [-0.05, 0) is 23.8 Å². The van der Waals surface area contributed by atoms with Crippen LogP contribution < -0.4 is 10.1 Å². The van der Waals surface area contributed by atoms with E-state index in [1.807, 2.05) is 24.3 Å². The van der Waals surface area contributed by atoms with Crippen molar-refractivity contribution < 1.29 is 19.0 Å². The minimum absolute atomic E-state index is 0.0696. The van der Waals surface area contributed by atoms with Gasteiger partial charge in [-0.2, -0.15) is 0 Å². The summed E-state index contributed by atoms with van der Waals surface area (Å²) in [5.74, 6) is 0.302. The topological polar surface area (TPSA) is 58.6 Å². The second-order valence-electron chi connectivity index (χ2n) is 4.52. The molecular formula is C15H12FNO3. The smallest absolute Gasteiger partial charge is 0.404 e. The number of hydrogen-bond donors (Lipinski definition) is 2. The Hall–Kier alpha value is -2.56. The van der Waals surface area contributed by atoms with Crippen molar-refractivity contribution in [2.75, 3.05) is 6.54 Å². The number of fused-ring (bicyclic) bond motifs is 3. The van der Waals surface area contributed by atoms with Crippen LogP contribution in [0, 0.1) is 5.82 Å². The fourth-order valence-corrected chi connectivity index (χ4v) is 2.39. The Morgan fingerprint density at radius 1 is 1.25 bits per heavy atom. The molecule has 0 saturated heterocycles. The SMILES string of the molecule is O=C(O)NCC1Oc2ccccc2-c2ccc(F)cc21. The lowest BCUT2D eigenvalue weighted by atomic mass is 9.92. The van der Waals surface area contributed by atoms with Crippen LogP contribution in [0.4, 0.5) is 9.18 Å². The van der Waals surface area contributed by atoms with E-state index in [-0.39, 0.29) is 12.4 Å². The predicted octanol–water partition coefficient (Wildman–Crippen LogP) is 3.19. The zero-order chi connectivity index (χ0) is 14.1. The van der Waals surface area contributed by atoms with Crippen molar-refractivity contribution in [3.05, 3.63) is 53.8 Å². The summed E-state index contributed by atoms with van der Waals surface area (Å²) in [4.78, 5) is 10.6. The lowest BCUT2D eigenvalue weighted by molar-refractivity contribution is 0.171. The Kier molecular flexibility index (Phi) is 3.02. The molecule has 0 aliphatic carbocycles. The molecule has 2 N–H and O–H groups in total. The van der Waals surface area contributed by atoms with Gasteiger partial charge < -0.3 is 15.2 Å². The monoisotopic (exact) mass is 273 g/mol. The molecule has 2 aromatic carbocycles. The molecule has 0 spiro atoms. The first-order chi connectivity index (χ1) is 9.65. The largest absolute Gasteiger partial charge is 0.483 e. The number of nitrogens with one attached hydrogen (secondary N) is 1. The summed E-state index contributed by atoms with van der Waals surface area (Å²) >= 11 is 0. The first-order valence-electron chi connectivity index (χ1n) is 6.17. The van der Waals surface area contributed by atoms with E-state index in [0.717, 1.165) is 11.1 Å². The van der Waals surface area contributed by atoms with Crippen LogP contribution >= 0.6 is 0 Å². The van der Waals surface area contributed by atoms with E-state index >= 15 is 0 Å². The van der Waals surface area contributed by atoms with Crippen molar-refractivity contribution in [3.8, 4) is 16.9 Å². The zero-order valence-electron chi connectivity index (χ0n) is 10.5. The van der Waals surface area contributed by atoms with Crippen LogP contribution in [0.5, 0.6) is 5.75 Å². The predicted molar refractivity (Wildman–Crippen MR) is 71.2 cm³/mol. The zero-order valence-corrected chi connectivity index (χ0v) is 10.5. The number of amides is 1. The Balaban J connectivity index is 2.05. The van der Waals surface area contributed by atoms with Crippen molar-refractivity contribution in [3.63, 3.8) is 0 Å². The van der Waals surface area contributed by atoms with Crippen LogP contribution in [-0.4, -0.2) is 17.7 Å². The Morgan fingerprint density at radius 3 is 2.85 bits per heavy atom. The molecule has 20 heavy (non-hydrogen) atoms. The van der Waals surface area contributed by atoms with Crippen molar-refractivity contribution in [2.24, 2.45) is 0 Å². The lowest BCUT2D eigenvalue weighted by Gasteiger charge is -2.28. The molecule has 2 aromatic rings. The summed E-state index contributed by atoms with van der Waals surface area (Å²) in [6.45, 7) is 0.0696. The van der Waals surface area contributed by atoms with E-state index in [9.17, 15) is 9.18 Å². The van der Waals surface area contributed by atoms with Gasteiger partial charge in [0.25, 0.3) is 0 Å². The van der Waals surface area contributed by atoms with E-state index < -0.39 is 12.2 Å². The first-order valence-corrected chi connectivity index (χ1v) is 6.17. The molecule has 1 amide bonds. The van der Waals surface area contributed by atoms with Gasteiger partial charge >= 0.3 is 6.09 Å². The quantitative estimate of drug-likeness (QED) is 0.883. The molecule has 1 unspecified atom stereocenters. The molecule has 1 heterocycles. The molecule has 1 aliphatic heterocycles. The van der Waals surface area contributed by atoms with Gasteiger partial charge in [0.2, 0.25) is 0 Å². The van der Waals surface area contributed by atoms with E-state index in [1.54, 1.807) is 6.07 Å². The third-order valence-corrected chi connectivity index (χ3v) is 3.25. The lowest BCUT2D eigenvalue weighted by Crippen LogP contribution is -2.30. The molecule has 0 radical (unpaired) electrons. The van der Waals surface area contributed by atoms with Gasteiger partial charge in [-0.3, -0.25) is 0 Å². The van der Waals surface area contributed by atoms with E-state index in [2.05, 4.69) is 5.32 Å². The maximum absolute atomic E-state index is 13.5. The summed E-state index contributed by atoms with van der Waals surface area (Å²) in [7, 11) is 0. The standard InChI is InChI=1S/C15H12FNO3/c16-9-5-6-10-11-3-1-2-4-13(11)20-14(12(10)7-9)8-17-15(18)19/h1-7,14,17H,8H2,(H,18,19). The molecule has 4 nitrogen and oxygen atoms in total. The number of halogens is 1. The van der Waals surface area contributed by atoms with Gasteiger partial charge in [0.15, 0.2) is 0 Å². The number of carbonyl (C=O) groups is 1. The van der Waals surface area contributed by atoms with Gasteiger partial charge in [0, 0.05) is 11.1 Å². The molecule has 0 bridgehead atoms. The summed E-state index contributed by atoms with van der Waals surface area (Å²) < 4.78 is 19.2. The van der Waals surface area contributed by atoms with Crippen LogP contribution in [0.1, 0.15) is 11.7 Å².